The molecule has 0 saturated carbocycles. The maximum absolute atomic E-state index is 5.70. The minimum atomic E-state index is 0.570. The van der Waals surface area contributed by atoms with Crippen molar-refractivity contribution in [3.63, 3.8) is 0 Å². The van der Waals surface area contributed by atoms with Crippen molar-refractivity contribution in [1.29, 1.82) is 0 Å². The molecular formula is C15H21N3OS. The highest BCUT2D eigenvalue weighted by atomic mass is 32.2. The van der Waals surface area contributed by atoms with Gasteiger partial charge in [0, 0.05) is 19.3 Å². The number of aryl methyl sites for hydroxylation is 2. The number of hydrogen-bond donors (Lipinski definition) is 1. The van der Waals surface area contributed by atoms with Gasteiger partial charge in [-0.05, 0) is 37.1 Å². The van der Waals surface area contributed by atoms with E-state index in [2.05, 4.69) is 11.2 Å². The zero-order chi connectivity index (χ0) is 14.4. The number of thioether (sulfide) groups is 1. The van der Waals surface area contributed by atoms with Crippen LogP contribution in [-0.2, 0) is 13.6 Å². The van der Waals surface area contributed by atoms with Gasteiger partial charge in [-0.2, -0.15) is 5.10 Å². The van der Waals surface area contributed by atoms with Crippen molar-refractivity contribution >= 4 is 11.8 Å². The number of rotatable bonds is 7. The van der Waals surface area contributed by atoms with E-state index >= 15 is 0 Å². The van der Waals surface area contributed by atoms with Gasteiger partial charge < -0.3 is 10.5 Å². The molecule has 1 heterocycles. The summed E-state index contributed by atoms with van der Waals surface area (Å²) in [5.41, 5.74) is 7.74. The van der Waals surface area contributed by atoms with E-state index in [9.17, 15) is 0 Å². The van der Waals surface area contributed by atoms with E-state index in [0.29, 0.717) is 6.54 Å². The standard InChI is InChI=1S/C15H21N3OS/c1-12-10-15(18(2)17-12)20-9-3-8-19-14-6-4-13(11-16)5-7-14/h4-7,10H,3,8-9,11,16H2,1-2H3. The molecule has 0 unspecified atom stereocenters. The highest BCUT2D eigenvalue weighted by molar-refractivity contribution is 7.99. The number of aromatic nitrogens is 2. The molecule has 0 aliphatic rings. The topological polar surface area (TPSA) is 53.1 Å². The van der Waals surface area contributed by atoms with Crippen molar-refractivity contribution < 1.29 is 4.74 Å². The molecule has 4 nitrogen and oxygen atoms in total. The third-order valence-corrected chi connectivity index (χ3v) is 4.10. The molecule has 0 aliphatic heterocycles. The molecule has 0 bridgehead atoms. The Hall–Kier alpha value is -1.46. The summed E-state index contributed by atoms with van der Waals surface area (Å²) in [7, 11) is 1.98. The number of ether oxygens (including phenoxy) is 1. The number of benzene rings is 1. The van der Waals surface area contributed by atoms with Crippen molar-refractivity contribution in [2.24, 2.45) is 12.8 Å². The summed E-state index contributed by atoms with van der Waals surface area (Å²) in [5.74, 6) is 1.93. The molecule has 20 heavy (non-hydrogen) atoms. The Balaban J connectivity index is 1.67. The van der Waals surface area contributed by atoms with Crippen molar-refractivity contribution in [2.75, 3.05) is 12.4 Å². The number of hydrogen-bond acceptors (Lipinski definition) is 4. The van der Waals surface area contributed by atoms with Gasteiger partial charge in [0.25, 0.3) is 0 Å². The molecule has 0 atom stereocenters. The molecule has 1 aromatic carbocycles. The third-order valence-electron chi connectivity index (χ3n) is 2.93. The fraction of sp³-hybridized carbons (Fsp3) is 0.400. The van der Waals surface area contributed by atoms with Crippen LogP contribution in [0.15, 0.2) is 35.4 Å². The highest BCUT2D eigenvalue weighted by Gasteiger charge is 2.02. The first-order chi connectivity index (χ1) is 9.69. The van der Waals surface area contributed by atoms with Crippen LogP contribution in [0.2, 0.25) is 0 Å². The number of nitrogens with two attached hydrogens (primary N) is 1. The lowest BCUT2D eigenvalue weighted by Crippen LogP contribution is -2.00. The van der Waals surface area contributed by atoms with E-state index in [1.54, 1.807) is 0 Å². The molecule has 0 spiro atoms. The summed E-state index contributed by atoms with van der Waals surface area (Å²) in [5, 5.41) is 5.53. The van der Waals surface area contributed by atoms with Crippen LogP contribution in [0.25, 0.3) is 0 Å². The minimum absolute atomic E-state index is 0.570. The highest BCUT2D eigenvalue weighted by Crippen LogP contribution is 2.19. The molecule has 2 aromatic rings. The summed E-state index contributed by atoms with van der Waals surface area (Å²) in [6.45, 7) is 3.31. The van der Waals surface area contributed by atoms with E-state index in [1.807, 2.05) is 54.7 Å². The van der Waals surface area contributed by atoms with Crippen LogP contribution < -0.4 is 10.5 Å². The van der Waals surface area contributed by atoms with Gasteiger partial charge in [0.15, 0.2) is 0 Å². The predicted molar refractivity (Wildman–Crippen MR) is 83.1 cm³/mol. The molecule has 2 N–H and O–H groups in total. The zero-order valence-electron chi connectivity index (χ0n) is 12.0. The summed E-state index contributed by atoms with van der Waals surface area (Å²) in [6, 6.07) is 10.1. The van der Waals surface area contributed by atoms with E-state index in [-0.39, 0.29) is 0 Å². The molecule has 5 heteroatoms. The number of nitrogens with zero attached hydrogens (tertiary/aromatic N) is 2. The van der Waals surface area contributed by atoms with Crippen LogP contribution in [0.4, 0.5) is 0 Å². The van der Waals surface area contributed by atoms with Crippen molar-refractivity contribution in [2.45, 2.75) is 24.9 Å². The quantitative estimate of drug-likeness (QED) is 0.629. The Labute approximate surface area is 124 Å². The smallest absolute Gasteiger partial charge is 0.119 e. The third kappa shape index (κ3) is 4.28. The van der Waals surface area contributed by atoms with Crippen LogP contribution in [0, 0.1) is 6.92 Å². The van der Waals surface area contributed by atoms with E-state index in [4.69, 9.17) is 10.5 Å². The fourth-order valence-corrected chi connectivity index (χ4v) is 2.82. The maximum atomic E-state index is 5.70. The van der Waals surface area contributed by atoms with Gasteiger partial charge in [0.1, 0.15) is 5.75 Å². The Morgan fingerprint density at radius 3 is 2.65 bits per heavy atom. The molecule has 0 radical (unpaired) electrons. The first kappa shape index (κ1) is 14.9. The molecule has 0 saturated heterocycles. The van der Waals surface area contributed by atoms with E-state index in [1.165, 1.54) is 5.03 Å². The van der Waals surface area contributed by atoms with Gasteiger partial charge in [-0.1, -0.05) is 12.1 Å². The second-order valence-electron chi connectivity index (χ2n) is 4.65. The summed E-state index contributed by atoms with van der Waals surface area (Å²) < 4.78 is 7.63. The molecule has 0 amide bonds. The lowest BCUT2D eigenvalue weighted by molar-refractivity contribution is 0.318. The van der Waals surface area contributed by atoms with Gasteiger partial charge >= 0.3 is 0 Å². The van der Waals surface area contributed by atoms with Gasteiger partial charge in [-0.3, -0.25) is 4.68 Å². The molecule has 0 fully saturated rings. The molecule has 1 aromatic heterocycles. The monoisotopic (exact) mass is 291 g/mol. The van der Waals surface area contributed by atoms with Crippen LogP contribution >= 0.6 is 11.8 Å². The summed E-state index contributed by atoms with van der Waals surface area (Å²) in [4.78, 5) is 0. The largest absolute Gasteiger partial charge is 0.494 e. The van der Waals surface area contributed by atoms with Gasteiger partial charge in [0.2, 0.25) is 0 Å². The molecule has 108 valence electrons. The van der Waals surface area contributed by atoms with Gasteiger partial charge in [0.05, 0.1) is 17.3 Å². The fourth-order valence-electron chi connectivity index (χ4n) is 1.87. The zero-order valence-corrected chi connectivity index (χ0v) is 12.8. The molecular weight excluding hydrogens is 270 g/mol. The lowest BCUT2D eigenvalue weighted by Gasteiger charge is -2.06. The Morgan fingerprint density at radius 2 is 2.05 bits per heavy atom. The van der Waals surface area contributed by atoms with E-state index < -0.39 is 0 Å². The second-order valence-corrected chi connectivity index (χ2v) is 5.76. The second kappa shape index (κ2) is 7.36. The van der Waals surface area contributed by atoms with Crippen LogP contribution in [-0.4, -0.2) is 22.1 Å². The SMILES string of the molecule is Cc1cc(SCCCOc2ccc(CN)cc2)n(C)n1. The normalized spacial score (nSPS) is 10.8. The van der Waals surface area contributed by atoms with Gasteiger partial charge in [-0.15, -0.1) is 11.8 Å². The average molecular weight is 291 g/mol. The predicted octanol–water partition coefficient (Wildman–Crippen LogP) is 2.75. The Kier molecular flexibility index (Phi) is 5.49. The van der Waals surface area contributed by atoms with Crippen molar-refractivity contribution in [3.05, 3.63) is 41.6 Å². The van der Waals surface area contributed by atoms with Crippen molar-refractivity contribution in [1.82, 2.24) is 9.78 Å². The minimum Gasteiger partial charge on any atom is -0.494 e. The Bertz CT molecular complexity index is 537. The first-order valence-corrected chi connectivity index (χ1v) is 7.73. The van der Waals surface area contributed by atoms with E-state index in [0.717, 1.165) is 35.8 Å². The van der Waals surface area contributed by atoms with Crippen molar-refractivity contribution in [3.8, 4) is 5.75 Å². The Morgan fingerprint density at radius 1 is 1.30 bits per heavy atom. The maximum Gasteiger partial charge on any atom is 0.119 e. The van der Waals surface area contributed by atoms with Crippen LogP contribution in [0.5, 0.6) is 5.75 Å². The first-order valence-electron chi connectivity index (χ1n) is 6.74. The van der Waals surface area contributed by atoms with Gasteiger partial charge in [-0.25, -0.2) is 0 Å². The average Bonchev–Trinajstić information content (AvgIpc) is 2.77. The summed E-state index contributed by atoms with van der Waals surface area (Å²) in [6.07, 6.45) is 1.01. The van der Waals surface area contributed by atoms with Crippen LogP contribution in [0.3, 0.4) is 0 Å². The summed E-state index contributed by atoms with van der Waals surface area (Å²) >= 11 is 1.81. The molecule has 0 aliphatic carbocycles. The molecule has 2 rings (SSSR count). The lowest BCUT2D eigenvalue weighted by atomic mass is 10.2. The van der Waals surface area contributed by atoms with Crippen LogP contribution in [0.1, 0.15) is 17.7 Å².